The maximum atomic E-state index is 7.37. The first-order chi connectivity index (χ1) is 41.1. The van der Waals surface area contributed by atoms with E-state index >= 15 is 0 Å². The molecule has 0 aromatic heterocycles. The third-order valence-electron chi connectivity index (χ3n) is 19.0. The summed E-state index contributed by atoms with van der Waals surface area (Å²) in [5, 5.41) is 0. The lowest BCUT2D eigenvalue weighted by Gasteiger charge is -2.38. The lowest BCUT2D eigenvalue weighted by Crippen LogP contribution is -2.31. The molecule has 12 nitrogen and oxygen atoms in total. The minimum absolute atomic E-state index is 0.0384. The monoisotopic (exact) mass is 1160 g/mol. The Hall–Kier alpha value is -6.12. The fourth-order valence-corrected chi connectivity index (χ4v) is 12.0. The van der Waals surface area contributed by atoms with E-state index in [-0.39, 0.29) is 53.4 Å². The molecule has 452 valence electrons. The Balaban J connectivity index is 0.957. The summed E-state index contributed by atoms with van der Waals surface area (Å²) in [4.78, 5) is 0. The molecule has 7 atom stereocenters. The van der Waals surface area contributed by atoms with Gasteiger partial charge in [0.25, 0.3) is 0 Å². The topological polar surface area (TPSA) is 131 Å². The average molecular weight is 1160 g/mol. The van der Waals surface area contributed by atoms with Crippen LogP contribution in [0.4, 0.5) is 0 Å². The largest absolute Gasteiger partial charge is 0.491 e. The van der Waals surface area contributed by atoms with Crippen LogP contribution >= 0.6 is 0 Å². The summed E-state index contributed by atoms with van der Waals surface area (Å²) in [5.41, 5.74) is 10.5. The average Bonchev–Trinajstić information content (AvgIpc) is 2.48. The Morgan fingerprint density at radius 2 is 0.741 bits per heavy atom. The van der Waals surface area contributed by atoms with E-state index < -0.39 is 10.8 Å². The van der Waals surface area contributed by atoms with E-state index in [0.717, 1.165) is 92.2 Å². The predicted octanol–water partition coefficient (Wildman–Crippen LogP) is 13.4. The first-order valence-electron chi connectivity index (χ1n) is 31.3. The van der Waals surface area contributed by atoms with E-state index in [1.807, 2.05) is 0 Å². The molecule has 0 aliphatic carbocycles. The molecule has 0 spiro atoms. The molecule has 6 saturated heterocycles. The van der Waals surface area contributed by atoms with Crippen LogP contribution in [0.15, 0.2) is 121 Å². The van der Waals surface area contributed by atoms with E-state index in [0.29, 0.717) is 59.3 Å². The Bertz CT molecular complexity index is 3210. The summed E-state index contributed by atoms with van der Waals surface area (Å²) in [7, 11) is 0. The molecule has 12 heteroatoms. The summed E-state index contributed by atoms with van der Waals surface area (Å²) in [6.45, 7) is 28.5. The molecule has 0 bridgehead atoms. The molecular weight excluding hydrogens is 1070 g/mol. The van der Waals surface area contributed by atoms with Gasteiger partial charge in [-0.1, -0.05) is 135 Å². The number of benzene rings is 6. The number of ether oxygens (including phenoxy) is 12. The molecule has 0 radical (unpaired) electrons. The number of hydrogen-bond acceptors (Lipinski definition) is 12. The van der Waals surface area contributed by atoms with Crippen LogP contribution in [0, 0.1) is 0 Å². The van der Waals surface area contributed by atoms with Gasteiger partial charge >= 0.3 is 0 Å². The van der Waals surface area contributed by atoms with Gasteiger partial charge in [-0.2, -0.15) is 0 Å². The van der Waals surface area contributed by atoms with Crippen molar-refractivity contribution in [1.82, 2.24) is 0 Å². The number of rotatable bonds is 33. The predicted molar refractivity (Wildman–Crippen MR) is 329 cm³/mol. The number of hydrogen-bond donors (Lipinski definition) is 0. The standard InChI is InChI=1S/C73H88O12/c1-10-47(65-32-54(20-28-68(65)84-45-63-42-81-63)71(6,7)51-15-23-57(24-16-51)75-36-60-39-78-60)29-48-30-55(72(8,9)52-17-25-58(26-18-52)76-37-61-40-79-61)33-66(69(48)85-46-64-43-82-64)73(11-2,12-3)34-49-31-53(19-27-67(49)83-44-62-41-80-62)70(4,5)50-13-21-56(22-14-50)74-35-59-38-77-59/h13-28,30-33,47,59-64H,10-12,29,34-46H2,1-9H3. The summed E-state index contributed by atoms with van der Waals surface area (Å²) in [6, 6.07) is 44.4. The van der Waals surface area contributed by atoms with E-state index in [1.165, 1.54) is 50.1 Å². The highest BCUT2D eigenvalue weighted by atomic mass is 16.6. The van der Waals surface area contributed by atoms with E-state index in [2.05, 4.69) is 184 Å². The van der Waals surface area contributed by atoms with Gasteiger partial charge in [0.2, 0.25) is 0 Å². The SMILES string of the molecule is CCC(Cc1cc(C(C)(C)c2ccc(OCC3CO3)cc2)cc(C(CC)(CC)Cc2cc(C(C)(C)c3ccc(OCC4CO4)cc3)ccc2OCC2CO2)c1OCC1CO1)c1cc(C(C)(C)c2ccc(OCC3CO3)cc2)ccc1OCC1CO1. The zero-order chi connectivity index (χ0) is 58.9. The minimum atomic E-state index is -0.432. The Morgan fingerprint density at radius 1 is 0.388 bits per heavy atom. The van der Waals surface area contributed by atoms with Crippen molar-refractivity contribution in [1.29, 1.82) is 0 Å². The third-order valence-corrected chi connectivity index (χ3v) is 19.0. The van der Waals surface area contributed by atoms with Crippen LogP contribution in [-0.2, 0) is 62.9 Å². The first kappa shape index (κ1) is 59.2. The normalized spacial score (nSPS) is 21.6. The molecule has 6 fully saturated rings. The summed E-state index contributed by atoms with van der Waals surface area (Å²) >= 11 is 0. The molecule has 6 aliphatic rings. The molecular formula is C73H88O12. The van der Waals surface area contributed by atoms with Crippen molar-refractivity contribution in [3.8, 4) is 34.5 Å². The maximum absolute atomic E-state index is 7.37. The highest BCUT2D eigenvalue weighted by Gasteiger charge is 2.40. The van der Waals surface area contributed by atoms with Crippen LogP contribution in [0.25, 0.3) is 0 Å². The van der Waals surface area contributed by atoms with Gasteiger partial charge in [-0.25, -0.2) is 0 Å². The Morgan fingerprint density at radius 3 is 1.15 bits per heavy atom. The van der Waals surface area contributed by atoms with Crippen molar-refractivity contribution in [2.24, 2.45) is 0 Å². The molecule has 6 aromatic carbocycles. The fraction of sp³-hybridized carbons (Fsp3) is 0.507. The highest BCUT2D eigenvalue weighted by molar-refractivity contribution is 5.56. The van der Waals surface area contributed by atoms with Gasteiger partial charge in [0.15, 0.2) is 0 Å². The second-order valence-corrected chi connectivity index (χ2v) is 26.1. The van der Waals surface area contributed by atoms with Crippen molar-refractivity contribution in [3.05, 3.63) is 177 Å². The third kappa shape index (κ3) is 14.3. The van der Waals surface area contributed by atoms with Crippen LogP contribution in [0.1, 0.15) is 143 Å². The van der Waals surface area contributed by atoms with Crippen molar-refractivity contribution >= 4 is 0 Å². The van der Waals surface area contributed by atoms with Gasteiger partial charge < -0.3 is 56.8 Å². The lowest BCUT2D eigenvalue weighted by atomic mass is 9.67. The van der Waals surface area contributed by atoms with Crippen LogP contribution in [0.2, 0.25) is 0 Å². The van der Waals surface area contributed by atoms with E-state index in [9.17, 15) is 0 Å². The van der Waals surface area contributed by atoms with Gasteiger partial charge in [-0.15, -0.1) is 0 Å². The molecule has 7 unspecified atom stereocenters. The lowest BCUT2D eigenvalue weighted by molar-refractivity contribution is 0.247. The summed E-state index contributed by atoms with van der Waals surface area (Å²) < 4.78 is 72.9. The fourth-order valence-electron chi connectivity index (χ4n) is 12.0. The van der Waals surface area contributed by atoms with E-state index in [1.54, 1.807) is 0 Å². The molecule has 0 saturated carbocycles. The van der Waals surface area contributed by atoms with Crippen molar-refractivity contribution in [2.75, 3.05) is 79.3 Å². The van der Waals surface area contributed by atoms with Gasteiger partial charge in [0, 0.05) is 27.2 Å². The molecule has 0 N–H and O–H groups in total. The van der Waals surface area contributed by atoms with Crippen LogP contribution < -0.4 is 28.4 Å². The Labute approximate surface area is 504 Å². The van der Waals surface area contributed by atoms with Crippen LogP contribution in [-0.4, -0.2) is 116 Å². The molecule has 12 rings (SSSR count). The van der Waals surface area contributed by atoms with Gasteiger partial charge in [-0.3, -0.25) is 0 Å². The molecule has 6 aromatic rings. The molecule has 6 heterocycles. The zero-order valence-electron chi connectivity index (χ0n) is 51.5. The highest BCUT2D eigenvalue weighted by Crippen LogP contribution is 2.50. The second-order valence-electron chi connectivity index (χ2n) is 26.1. The zero-order valence-corrected chi connectivity index (χ0v) is 51.5. The van der Waals surface area contributed by atoms with Crippen LogP contribution in [0.5, 0.6) is 34.5 Å². The molecule has 0 amide bonds. The summed E-state index contributed by atoms with van der Waals surface area (Å²) in [5.74, 6) is 5.33. The quantitative estimate of drug-likeness (QED) is 0.0364. The van der Waals surface area contributed by atoms with Gasteiger partial charge in [-0.05, 0) is 137 Å². The van der Waals surface area contributed by atoms with Gasteiger partial charge in [0.1, 0.15) is 111 Å². The second kappa shape index (κ2) is 24.9. The molecule has 6 aliphatic heterocycles. The van der Waals surface area contributed by atoms with Crippen molar-refractivity contribution in [2.45, 2.75) is 159 Å². The smallest absolute Gasteiger partial charge is 0.126 e. The minimum Gasteiger partial charge on any atom is -0.491 e. The molecule has 85 heavy (non-hydrogen) atoms. The number of epoxide rings is 6. The van der Waals surface area contributed by atoms with Gasteiger partial charge in [0.05, 0.1) is 39.6 Å². The maximum Gasteiger partial charge on any atom is 0.126 e. The Kier molecular flexibility index (Phi) is 17.4. The van der Waals surface area contributed by atoms with Crippen LogP contribution in [0.3, 0.4) is 0 Å². The first-order valence-corrected chi connectivity index (χ1v) is 31.3. The van der Waals surface area contributed by atoms with Crippen molar-refractivity contribution < 1.29 is 56.8 Å². The van der Waals surface area contributed by atoms with E-state index in [4.69, 9.17) is 56.8 Å². The van der Waals surface area contributed by atoms with Crippen molar-refractivity contribution in [3.63, 3.8) is 0 Å². The summed E-state index contributed by atoms with van der Waals surface area (Å²) in [6.07, 6.45) is 4.80.